The van der Waals surface area contributed by atoms with Crippen LogP contribution < -0.4 is 0 Å². The molecule has 4 heterocycles. The van der Waals surface area contributed by atoms with Gasteiger partial charge in [-0.05, 0) is 141 Å². The number of hydrogen-bond acceptors (Lipinski definition) is 5. The minimum absolute atomic E-state index is 0.0599. The molecule has 1 unspecified atom stereocenters. The molecule has 0 N–H and O–H groups in total. The lowest BCUT2D eigenvalue weighted by Gasteiger charge is -2.23. The number of benzene rings is 11. The van der Waals surface area contributed by atoms with Crippen LogP contribution >= 0.6 is 0 Å². The van der Waals surface area contributed by atoms with Gasteiger partial charge >= 0.3 is 0 Å². The first-order valence-corrected chi connectivity index (χ1v) is 25.4. The molecule has 346 valence electrons. The fourth-order valence-corrected chi connectivity index (χ4v) is 12.3. The minimum Gasteiger partial charge on any atom is -0.456 e. The molecule has 74 heavy (non-hydrogen) atoms. The standard InChI is InChI=1S/C68H42N4O2/c1-2-17-46(18-3-1)72-59-23-11-8-20-48(59)56-36-44(29-33-60(56)72)66-69-67(45-28-30-51-49-21-9-12-24-61(49)73-63(51)37-45)71-68(70-66)58-38-57-50-22-10-13-25-62(50)74-64(57)39-55(58)53-32-27-43-34-41-15-4-5-16-42(41)35-54(43)52-31-26-40-14-6-7-19-47(40)65(52)53/h1-26,28-31,33-39,53H,27,32H2. The summed E-state index contributed by atoms with van der Waals surface area (Å²) in [6.45, 7) is 0. The van der Waals surface area contributed by atoms with Gasteiger partial charge in [0.25, 0.3) is 0 Å². The zero-order valence-corrected chi connectivity index (χ0v) is 40.0. The SMILES string of the molecule is c1ccc(-n2c3ccccc3c3cc(-c4nc(-c5ccc6c(c5)oc5ccccc56)nc(-c5cc6c(cc5C5CCc7cc8ccccc8cc7-c7ccc8ccccc8c75)oc5ccccc56)n4)ccc32)cc1. The Bertz CT molecular complexity index is 4810. The van der Waals surface area contributed by atoms with Crippen molar-refractivity contribution in [3.05, 3.63) is 241 Å². The maximum Gasteiger partial charge on any atom is 0.164 e. The Labute approximate surface area is 424 Å². The average molecular weight is 947 g/mol. The second-order valence-corrected chi connectivity index (χ2v) is 19.8. The van der Waals surface area contributed by atoms with Crippen molar-refractivity contribution in [2.45, 2.75) is 18.8 Å². The maximum atomic E-state index is 6.79. The summed E-state index contributed by atoms with van der Waals surface area (Å²) >= 11 is 0. The lowest BCUT2D eigenvalue weighted by molar-refractivity contribution is 0.665. The number of hydrogen-bond donors (Lipinski definition) is 0. The Kier molecular flexibility index (Phi) is 8.83. The van der Waals surface area contributed by atoms with Crippen LogP contribution in [0.15, 0.2) is 233 Å². The van der Waals surface area contributed by atoms with E-state index in [0.29, 0.717) is 17.5 Å². The lowest BCUT2D eigenvalue weighted by atomic mass is 9.80. The highest BCUT2D eigenvalue weighted by molar-refractivity contribution is 6.11. The second-order valence-electron chi connectivity index (χ2n) is 19.8. The van der Waals surface area contributed by atoms with Crippen LogP contribution in [0.25, 0.3) is 138 Å². The molecule has 4 aromatic heterocycles. The molecule has 15 aromatic rings. The fourth-order valence-electron chi connectivity index (χ4n) is 12.3. The van der Waals surface area contributed by atoms with Gasteiger partial charge in [0.2, 0.25) is 0 Å². The van der Waals surface area contributed by atoms with Gasteiger partial charge in [-0.2, -0.15) is 0 Å². The molecular formula is C68H42N4O2. The van der Waals surface area contributed by atoms with Crippen LogP contribution in [0.2, 0.25) is 0 Å². The summed E-state index contributed by atoms with van der Waals surface area (Å²) in [4.78, 5) is 16.6. The smallest absolute Gasteiger partial charge is 0.164 e. The van der Waals surface area contributed by atoms with E-state index >= 15 is 0 Å². The predicted molar refractivity (Wildman–Crippen MR) is 302 cm³/mol. The maximum absolute atomic E-state index is 6.79. The number of furan rings is 2. The van der Waals surface area contributed by atoms with Crippen molar-refractivity contribution in [1.82, 2.24) is 19.5 Å². The summed E-state index contributed by atoms with van der Waals surface area (Å²) in [7, 11) is 0. The highest BCUT2D eigenvalue weighted by atomic mass is 16.3. The largest absolute Gasteiger partial charge is 0.456 e. The van der Waals surface area contributed by atoms with Gasteiger partial charge in [0.15, 0.2) is 17.5 Å². The van der Waals surface area contributed by atoms with Crippen molar-refractivity contribution in [3.63, 3.8) is 0 Å². The quantitative estimate of drug-likeness (QED) is 0.172. The molecule has 0 radical (unpaired) electrons. The van der Waals surface area contributed by atoms with Crippen LogP contribution in [0.4, 0.5) is 0 Å². The molecule has 0 spiro atoms. The summed E-state index contributed by atoms with van der Waals surface area (Å²) in [5, 5.41) is 11.4. The molecule has 6 heteroatoms. The molecule has 16 rings (SSSR count). The van der Waals surface area contributed by atoms with Crippen LogP contribution in [0.3, 0.4) is 0 Å². The summed E-state index contributed by atoms with van der Waals surface area (Å²) in [6.07, 6.45) is 1.74. The Balaban J connectivity index is 0.973. The van der Waals surface area contributed by atoms with Crippen LogP contribution in [0, 0.1) is 0 Å². The van der Waals surface area contributed by atoms with Crippen molar-refractivity contribution in [2.75, 3.05) is 0 Å². The van der Waals surface area contributed by atoms with E-state index in [4.69, 9.17) is 23.8 Å². The number of nitrogens with zero attached hydrogens (tertiary/aromatic N) is 4. The summed E-state index contributed by atoms with van der Waals surface area (Å²) in [5.41, 5.74) is 15.6. The summed E-state index contributed by atoms with van der Waals surface area (Å²) < 4.78 is 15.6. The molecule has 0 amide bonds. The van der Waals surface area contributed by atoms with E-state index < -0.39 is 0 Å². The third-order valence-corrected chi connectivity index (χ3v) is 15.7. The molecule has 1 aliphatic rings. The monoisotopic (exact) mass is 946 g/mol. The number of para-hydroxylation sites is 4. The zero-order chi connectivity index (χ0) is 48.4. The van der Waals surface area contributed by atoms with Crippen LogP contribution in [-0.2, 0) is 6.42 Å². The van der Waals surface area contributed by atoms with Crippen molar-refractivity contribution < 1.29 is 8.83 Å². The van der Waals surface area contributed by atoms with Crippen LogP contribution in [0.1, 0.15) is 29.0 Å². The molecule has 1 aliphatic carbocycles. The first kappa shape index (κ1) is 41.0. The Morgan fingerprint density at radius 3 is 1.76 bits per heavy atom. The van der Waals surface area contributed by atoms with E-state index in [1.165, 1.54) is 43.8 Å². The normalized spacial score (nSPS) is 13.7. The Morgan fingerprint density at radius 2 is 0.959 bits per heavy atom. The van der Waals surface area contributed by atoms with Gasteiger partial charge < -0.3 is 13.4 Å². The van der Waals surface area contributed by atoms with Crippen molar-refractivity contribution in [2.24, 2.45) is 0 Å². The average Bonchev–Trinajstić information content (AvgIpc) is 4.10. The van der Waals surface area contributed by atoms with E-state index in [1.54, 1.807) is 0 Å². The highest BCUT2D eigenvalue weighted by Crippen LogP contribution is 2.49. The zero-order valence-electron chi connectivity index (χ0n) is 40.0. The summed E-state index contributed by atoms with van der Waals surface area (Å²) in [6, 6.07) is 80.3. The molecule has 0 bridgehead atoms. The molecule has 0 saturated carbocycles. The first-order valence-electron chi connectivity index (χ1n) is 25.4. The van der Waals surface area contributed by atoms with Gasteiger partial charge in [-0.1, -0.05) is 146 Å². The minimum atomic E-state index is -0.0599. The molecule has 0 saturated heterocycles. The second kappa shape index (κ2) is 15.9. The molecule has 6 nitrogen and oxygen atoms in total. The van der Waals surface area contributed by atoms with Gasteiger partial charge in [0.1, 0.15) is 22.3 Å². The molecule has 0 fully saturated rings. The number of aryl methyl sites for hydroxylation is 1. The number of aromatic nitrogens is 4. The van der Waals surface area contributed by atoms with Gasteiger partial charge in [-0.3, -0.25) is 0 Å². The Hall–Kier alpha value is -9.65. The van der Waals surface area contributed by atoms with Gasteiger partial charge in [-0.25, -0.2) is 15.0 Å². The predicted octanol–water partition coefficient (Wildman–Crippen LogP) is 17.8. The van der Waals surface area contributed by atoms with Gasteiger partial charge in [0, 0.05) is 60.6 Å². The van der Waals surface area contributed by atoms with E-state index in [0.717, 1.165) is 106 Å². The van der Waals surface area contributed by atoms with Crippen molar-refractivity contribution >= 4 is 87.2 Å². The van der Waals surface area contributed by atoms with Crippen LogP contribution in [0.5, 0.6) is 0 Å². The molecular weight excluding hydrogens is 905 g/mol. The third-order valence-electron chi connectivity index (χ3n) is 15.7. The first-order chi connectivity index (χ1) is 36.6. The van der Waals surface area contributed by atoms with E-state index in [2.05, 4.69) is 211 Å². The molecule has 11 aromatic carbocycles. The van der Waals surface area contributed by atoms with Crippen LogP contribution in [-0.4, -0.2) is 19.5 Å². The van der Waals surface area contributed by atoms with E-state index in [9.17, 15) is 0 Å². The van der Waals surface area contributed by atoms with E-state index in [1.807, 2.05) is 18.2 Å². The number of rotatable bonds is 5. The summed E-state index contributed by atoms with van der Waals surface area (Å²) in [5.74, 6) is 1.68. The lowest BCUT2D eigenvalue weighted by Crippen LogP contribution is -2.08. The van der Waals surface area contributed by atoms with E-state index in [-0.39, 0.29) is 5.92 Å². The molecule has 1 atom stereocenters. The topological polar surface area (TPSA) is 69.9 Å². The van der Waals surface area contributed by atoms with Gasteiger partial charge in [0.05, 0.1) is 11.0 Å². The fraction of sp³-hybridized carbons (Fsp3) is 0.0441. The van der Waals surface area contributed by atoms with Gasteiger partial charge in [-0.15, -0.1) is 0 Å². The highest BCUT2D eigenvalue weighted by Gasteiger charge is 2.31. The molecule has 0 aliphatic heterocycles. The number of fused-ring (bicyclic) bond motifs is 15. The third kappa shape index (κ3) is 6.28. The Morgan fingerprint density at radius 1 is 0.365 bits per heavy atom. The van der Waals surface area contributed by atoms with Crippen molar-refractivity contribution in [3.8, 4) is 51.0 Å². The van der Waals surface area contributed by atoms with Crippen molar-refractivity contribution in [1.29, 1.82) is 0 Å².